The van der Waals surface area contributed by atoms with Gasteiger partial charge in [-0.3, -0.25) is 0 Å². The van der Waals surface area contributed by atoms with Crippen LogP contribution < -0.4 is 0 Å². The van der Waals surface area contributed by atoms with Crippen molar-refractivity contribution in [2.45, 2.75) is 42.5 Å². The van der Waals surface area contributed by atoms with Crippen LogP contribution in [0.5, 0.6) is 0 Å². The highest BCUT2D eigenvalue weighted by Gasteiger charge is 2.85. The number of hydrogen-bond donors (Lipinski definition) is 0. The van der Waals surface area contributed by atoms with Crippen molar-refractivity contribution in [3.05, 3.63) is 0 Å². The van der Waals surface area contributed by atoms with Crippen molar-refractivity contribution in [3.8, 4) is 0 Å². The number of hydrogen-bond acceptors (Lipinski definition) is 4. The molecule has 0 saturated carbocycles. The molecule has 0 bridgehead atoms. The number of halogens is 15. The molecular formula is C9H3F15O4. The lowest BCUT2D eigenvalue weighted by molar-refractivity contribution is -0.555. The molecule has 0 saturated heterocycles. The summed E-state index contributed by atoms with van der Waals surface area (Å²) in [6.45, 7) is 0. The van der Waals surface area contributed by atoms with Gasteiger partial charge in [0.15, 0.2) is 0 Å². The van der Waals surface area contributed by atoms with E-state index in [1.54, 1.807) is 0 Å². The molecule has 0 aromatic rings. The van der Waals surface area contributed by atoms with E-state index in [-0.39, 0.29) is 7.11 Å². The molecule has 28 heavy (non-hydrogen) atoms. The van der Waals surface area contributed by atoms with E-state index in [1.165, 1.54) is 4.74 Å². The Morgan fingerprint density at radius 2 is 1.00 bits per heavy atom. The smallest absolute Gasteiger partial charge is 0.463 e. The lowest BCUT2D eigenvalue weighted by Gasteiger charge is -2.37. The van der Waals surface area contributed by atoms with Gasteiger partial charge in [-0.15, -0.1) is 0 Å². The van der Waals surface area contributed by atoms with Gasteiger partial charge in [0.2, 0.25) is 0 Å². The molecule has 0 aliphatic heterocycles. The van der Waals surface area contributed by atoms with E-state index >= 15 is 0 Å². The highest BCUT2D eigenvalue weighted by Crippen LogP contribution is 2.56. The maximum atomic E-state index is 13.4. The van der Waals surface area contributed by atoms with Gasteiger partial charge in [0, 0.05) is 0 Å². The number of methoxy groups -OCH3 is 1. The van der Waals surface area contributed by atoms with Gasteiger partial charge < -0.3 is 4.74 Å². The van der Waals surface area contributed by atoms with Gasteiger partial charge in [0.25, 0.3) is 0 Å². The van der Waals surface area contributed by atoms with Gasteiger partial charge in [0.1, 0.15) is 0 Å². The Bertz CT molecular complexity index is 579. The first-order chi connectivity index (χ1) is 11.9. The number of ether oxygens (including phenoxy) is 3. The molecule has 1 atom stereocenters. The van der Waals surface area contributed by atoms with Crippen molar-refractivity contribution in [2.24, 2.45) is 0 Å². The maximum Gasteiger partial charge on any atom is 0.478 e. The summed E-state index contributed by atoms with van der Waals surface area (Å²) >= 11 is 0. The van der Waals surface area contributed by atoms with Crippen LogP contribution in [0.25, 0.3) is 0 Å². The van der Waals surface area contributed by atoms with Crippen LogP contribution in [0.1, 0.15) is 0 Å². The highest BCUT2D eigenvalue weighted by atomic mass is 19.4. The third-order valence-corrected chi connectivity index (χ3v) is 2.40. The maximum absolute atomic E-state index is 13.4. The van der Waals surface area contributed by atoms with Crippen LogP contribution in [0.3, 0.4) is 0 Å². The van der Waals surface area contributed by atoms with Crippen molar-refractivity contribution < 1.29 is 84.9 Å². The Morgan fingerprint density at radius 3 is 1.29 bits per heavy atom. The van der Waals surface area contributed by atoms with E-state index in [9.17, 15) is 70.7 Å². The summed E-state index contributed by atoms with van der Waals surface area (Å²) in [7, 11) is 0.000595. The van der Waals surface area contributed by atoms with Crippen molar-refractivity contribution in [1.82, 2.24) is 0 Å². The van der Waals surface area contributed by atoms with Gasteiger partial charge in [0.05, 0.1) is 7.11 Å². The van der Waals surface area contributed by atoms with E-state index in [2.05, 4.69) is 4.74 Å². The molecule has 0 amide bonds. The minimum Gasteiger partial charge on any atom is -0.463 e. The zero-order valence-electron chi connectivity index (χ0n) is 12.3. The molecular weight excluding hydrogens is 457 g/mol. The Labute approximate surface area is 142 Å². The monoisotopic (exact) mass is 460 g/mol. The molecule has 0 N–H and O–H groups in total. The minimum atomic E-state index is -7.98. The zero-order valence-corrected chi connectivity index (χ0v) is 12.3. The standard InChI is InChI=1S/C9H3F15O4/c1-26-2(25)3(10,11)27-9(24,7(19,20)21)28-8(22,23)5(14,15)4(12,13)6(16,17)18/h1H3. The second-order valence-corrected chi connectivity index (χ2v) is 4.41. The lowest BCUT2D eigenvalue weighted by Crippen LogP contribution is -2.65. The number of rotatable bonds is 7. The summed E-state index contributed by atoms with van der Waals surface area (Å²) in [5, 5.41) is 0. The molecule has 0 aromatic carbocycles. The van der Waals surface area contributed by atoms with E-state index < -0.39 is 48.4 Å². The topological polar surface area (TPSA) is 44.8 Å². The van der Waals surface area contributed by atoms with E-state index in [1.807, 2.05) is 4.74 Å². The fourth-order valence-corrected chi connectivity index (χ4v) is 1.05. The first kappa shape index (κ1) is 26.3. The molecule has 0 heterocycles. The first-order valence-electron chi connectivity index (χ1n) is 5.72. The summed E-state index contributed by atoms with van der Waals surface area (Å²) in [5.41, 5.74) is 0. The summed E-state index contributed by atoms with van der Waals surface area (Å²) < 4.78 is 195. The summed E-state index contributed by atoms with van der Waals surface area (Å²) in [6, 6.07) is -7.20. The Kier molecular flexibility index (Phi) is 6.58. The van der Waals surface area contributed by atoms with Crippen molar-refractivity contribution in [2.75, 3.05) is 7.11 Å². The summed E-state index contributed by atoms with van der Waals surface area (Å²) in [5.74, 6) is -19.1. The SMILES string of the molecule is COC(=O)C(F)(F)OC(F)(OC(F)(F)C(F)(F)C(F)(F)C(F)(F)F)C(F)(F)F. The number of carbonyl (C=O) groups is 1. The molecule has 0 rings (SSSR count). The second-order valence-electron chi connectivity index (χ2n) is 4.41. The number of alkyl halides is 15. The third kappa shape index (κ3) is 4.49. The Hall–Kier alpha value is -1.66. The van der Waals surface area contributed by atoms with Crippen LogP contribution in [0, 0.1) is 0 Å². The fraction of sp³-hybridized carbons (Fsp3) is 0.889. The van der Waals surface area contributed by atoms with Crippen LogP contribution in [0.15, 0.2) is 0 Å². The molecule has 1 unspecified atom stereocenters. The zero-order chi connectivity index (χ0) is 23.2. The van der Waals surface area contributed by atoms with E-state index in [0.29, 0.717) is 0 Å². The summed E-state index contributed by atoms with van der Waals surface area (Å²) in [6.07, 6.45) is -28.9. The van der Waals surface area contributed by atoms with E-state index in [4.69, 9.17) is 0 Å². The lowest BCUT2D eigenvalue weighted by atomic mass is 10.1. The van der Waals surface area contributed by atoms with Crippen LogP contribution in [-0.2, 0) is 19.0 Å². The van der Waals surface area contributed by atoms with Crippen molar-refractivity contribution in [3.63, 3.8) is 0 Å². The highest BCUT2D eigenvalue weighted by molar-refractivity contribution is 5.75. The predicted molar refractivity (Wildman–Crippen MR) is 49.9 cm³/mol. The molecule has 168 valence electrons. The van der Waals surface area contributed by atoms with Crippen LogP contribution in [0.4, 0.5) is 65.9 Å². The largest absolute Gasteiger partial charge is 0.478 e. The molecule has 0 fully saturated rings. The normalized spacial score (nSPS) is 17.3. The Balaban J connectivity index is 6.25. The average Bonchev–Trinajstić information content (AvgIpc) is 2.42. The number of carbonyl (C=O) groups excluding carboxylic acids is 1. The molecule has 19 heteroatoms. The van der Waals surface area contributed by atoms with Gasteiger partial charge in [-0.25, -0.2) is 14.3 Å². The van der Waals surface area contributed by atoms with Gasteiger partial charge in [-0.1, -0.05) is 0 Å². The van der Waals surface area contributed by atoms with Crippen molar-refractivity contribution in [1.29, 1.82) is 0 Å². The number of esters is 1. The molecule has 0 aliphatic carbocycles. The molecule has 0 aromatic heterocycles. The Morgan fingerprint density at radius 1 is 0.607 bits per heavy atom. The van der Waals surface area contributed by atoms with Crippen LogP contribution in [0.2, 0.25) is 0 Å². The molecule has 0 spiro atoms. The van der Waals surface area contributed by atoms with Gasteiger partial charge >= 0.3 is 48.4 Å². The van der Waals surface area contributed by atoms with Crippen molar-refractivity contribution >= 4 is 5.97 Å². The van der Waals surface area contributed by atoms with Gasteiger partial charge in [-0.2, -0.15) is 65.9 Å². The quantitative estimate of drug-likeness (QED) is 0.321. The fourth-order valence-electron chi connectivity index (χ4n) is 1.05. The third-order valence-electron chi connectivity index (χ3n) is 2.40. The predicted octanol–water partition coefficient (Wildman–Crippen LogP) is 4.40. The molecule has 0 aliphatic rings. The van der Waals surface area contributed by atoms with E-state index in [0.717, 1.165) is 0 Å². The first-order valence-corrected chi connectivity index (χ1v) is 5.72. The minimum absolute atomic E-state index is 0.000595. The summed E-state index contributed by atoms with van der Waals surface area (Å²) in [4.78, 5) is 10.4. The average molecular weight is 460 g/mol. The van der Waals surface area contributed by atoms with Crippen LogP contribution >= 0.6 is 0 Å². The molecule has 4 nitrogen and oxygen atoms in total. The molecule has 0 radical (unpaired) electrons. The van der Waals surface area contributed by atoms with Gasteiger partial charge in [-0.05, 0) is 0 Å². The second kappa shape index (κ2) is 6.99. The van der Waals surface area contributed by atoms with Crippen LogP contribution in [-0.4, -0.2) is 55.5 Å².